The first-order valence-corrected chi connectivity index (χ1v) is 6.34. The van der Waals surface area contributed by atoms with Crippen molar-refractivity contribution in [3.05, 3.63) is 35.9 Å². The van der Waals surface area contributed by atoms with E-state index in [2.05, 4.69) is 44.0 Å². The summed E-state index contributed by atoms with van der Waals surface area (Å²) >= 11 is 0. The summed E-state index contributed by atoms with van der Waals surface area (Å²) in [6.07, 6.45) is 2.56. The SMILES string of the molecule is CCC(C)c1nc2cc(C)ccc2c2ocnc12. The zero-order valence-electron chi connectivity index (χ0n) is 10.9. The summed E-state index contributed by atoms with van der Waals surface area (Å²) in [5.41, 5.74) is 5.01. The number of hydrogen-bond donors (Lipinski definition) is 0. The van der Waals surface area contributed by atoms with Crippen LogP contribution < -0.4 is 0 Å². The Labute approximate surface area is 106 Å². The van der Waals surface area contributed by atoms with Crippen molar-refractivity contribution in [3.63, 3.8) is 0 Å². The fourth-order valence-corrected chi connectivity index (χ4v) is 2.27. The van der Waals surface area contributed by atoms with E-state index in [1.54, 1.807) is 0 Å². The molecular formula is C15H16N2O. The van der Waals surface area contributed by atoms with Crippen molar-refractivity contribution < 1.29 is 4.42 Å². The van der Waals surface area contributed by atoms with Crippen LogP contribution in [0.25, 0.3) is 22.0 Å². The fourth-order valence-electron chi connectivity index (χ4n) is 2.27. The van der Waals surface area contributed by atoms with Crippen LogP contribution in [0.15, 0.2) is 29.0 Å². The van der Waals surface area contributed by atoms with Crippen LogP contribution in [0.3, 0.4) is 0 Å². The highest BCUT2D eigenvalue weighted by Crippen LogP contribution is 2.30. The molecule has 1 aromatic carbocycles. The summed E-state index contributed by atoms with van der Waals surface area (Å²) in [5, 5.41) is 1.04. The smallest absolute Gasteiger partial charge is 0.182 e. The van der Waals surface area contributed by atoms with Crippen molar-refractivity contribution in [3.8, 4) is 0 Å². The third kappa shape index (κ3) is 1.58. The third-order valence-electron chi connectivity index (χ3n) is 3.53. The number of oxazole rings is 1. The molecule has 0 aliphatic carbocycles. The summed E-state index contributed by atoms with van der Waals surface area (Å²) in [6, 6.07) is 6.24. The van der Waals surface area contributed by atoms with E-state index in [1.165, 1.54) is 12.0 Å². The second-order valence-electron chi connectivity index (χ2n) is 4.86. The van der Waals surface area contributed by atoms with Crippen molar-refractivity contribution in [1.29, 1.82) is 0 Å². The Morgan fingerprint density at radius 2 is 2.17 bits per heavy atom. The van der Waals surface area contributed by atoms with Gasteiger partial charge in [-0.2, -0.15) is 0 Å². The van der Waals surface area contributed by atoms with Gasteiger partial charge in [-0.05, 0) is 31.0 Å². The van der Waals surface area contributed by atoms with Gasteiger partial charge in [0.2, 0.25) is 0 Å². The summed E-state index contributed by atoms with van der Waals surface area (Å²) in [7, 11) is 0. The predicted molar refractivity (Wildman–Crippen MR) is 72.8 cm³/mol. The van der Waals surface area contributed by atoms with Gasteiger partial charge in [0.1, 0.15) is 5.52 Å². The van der Waals surface area contributed by atoms with Gasteiger partial charge in [0.05, 0.1) is 11.2 Å². The van der Waals surface area contributed by atoms with Gasteiger partial charge < -0.3 is 4.42 Å². The van der Waals surface area contributed by atoms with Crippen LogP contribution in [0, 0.1) is 6.92 Å². The van der Waals surface area contributed by atoms with E-state index in [0.29, 0.717) is 5.92 Å². The lowest BCUT2D eigenvalue weighted by atomic mass is 10.0. The third-order valence-corrected chi connectivity index (χ3v) is 3.53. The fraction of sp³-hybridized carbons (Fsp3) is 0.333. The molecule has 0 aliphatic rings. The number of pyridine rings is 1. The summed E-state index contributed by atoms with van der Waals surface area (Å²) in [6.45, 7) is 6.42. The highest BCUT2D eigenvalue weighted by atomic mass is 16.3. The van der Waals surface area contributed by atoms with Gasteiger partial charge in [0.15, 0.2) is 12.0 Å². The number of benzene rings is 1. The second-order valence-corrected chi connectivity index (χ2v) is 4.86. The highest BCUT2D eigenvalue weighted by Gasteiger charge is 2.16. The monoisotopic (exact) mass is 240 g/mol. The Kier molecular flexibility index (Phi) is 2.54. The zero-order chi connectivity index (χ0) is 12.7. The Morgan fingerprint density at radius 3 is 2.94 bits per heavy atom. The average molecular weight is 240 g/mol. The molecule has 1 atom stereocenters. The first kappa shape index (κ1) is 11.2. The molecular weight excluding hydrogens is 224 g/mol. The molecule has 0 amide bonds. The van der Waals surface area contributed by atoms with Gasteiger partial charge in [0, 0.05) is 11.3 Å². The van der Waals surface area contributed by atoms with Gasteiger partial charge in [-0.3, -0.25) is 0 Å². The Hall–Kier alpha value is -1.90. The molecule has 0 radical (unpaired) electrons. The molecule has 3 heteroatoms. The number of hydrogen-bond acceptors (Lipinski definition) is 3. The molecule has 92 valence electrons. The summed E-state index contributed by atoms with van der Waals surface area (Å²) < 4.78 is 5.56. The first-order chi connectivity index (χ1) is 8.70. The van der Waals surface area contributed by atoms with Gasteiger partial charge in [0.25, 0.3) is 0 Å². The molecule has 0 saturated heterocycles. The molecule has 1 unspecified atom stereocenters. The Bertz CT molecular complexity index is 715. The van der Waals surface area contributed by atoms with Crippen molar-refractivity contribution in [2.75, 3.05) is 0 Å². The standard InChI is InChI=1S/C15H16N2O/c1-4-10(3)13-14-15(18-8-16-14)11-6-5-9(2)7-12(11)17-13/h5-8,10H,4H2,1-3H3. The Morgan fingerprint density at radius 1 is 1.33 bits per heavy atom. The predicted octanol–water partition coefficient (Wildman–Crippen LogP) is 4.20. The van der Waals surface area contributed by atoms with E-state index in [-0.39, 0.29) is 0 Å². The van der Waals surface area contributed by atoms with Crippen LogP contribution in [0.5, 0.6) is 0 Å². The normalized spacial score (nSPS) is 13.3. The van der Waals surface area contributed by atoms with Crippen LogP contribution >= 0.6 is 0 Å². The number of aromatic nitrogens is 2. The number of rotatable bonds is 2. The minimum atomic E-state index is 0.391. The van der Waals surface area contributed by atoms with Gasteiger partial charge in [-0.25, -0.2) is 9.97 Å². The van der Waals surface area contributed by atoms with E-state index in [0.717, 1.165) is 34.1 Å². The maximum Gasteiger partial charge on any atom is 0.182 e. The van der Waals surface area contributed by atoms with Crippen molar-refractivity contribution in [2.24, 2.45) is 0 Å². The molecule has 0 N–H and O–H groups in total. The molecule has 0 aliphatic heterocycles. The molecule has 0 fully saturated rings. The maximum atomic E-state index is 5.56. The van der Waals surface area contributed by atoms with Crippen molar-refractivity contribution in [1.82, 2.24) is 9.97 Å². The molecule has 0 saturated carbocycles. The molecule has 18 heavy (non-hydrogen) atoms. The first-order valence-electron chi connectivity index (χ1n) is 6.34. The number of fused-ring (bicyclic) bond motifs is 3. The summed E-state index contributed by atoms with van der Waals surface area (Å²) in [5.74, 6) is 0.391. The zero-order valence-corrected chi connectivity index (χ0v) is 10.9. The molecule has 0 bridgehead atoms. The van der Waals surface area contributed by atoms with Gasteiger partial charge >= 0.3 is 0 Å². The number of aryl methyl sites for hydroxylation is 1. The van der Waals surface area contributed by atoms with E-state index < -0.39 is 0 Å². The molecule has 3 aromatic rings. The van der Waals surface area contributed by atoms with Crippen molar-refractivity contribution in [2.45, 2.75) is 33.1 Å². The minimum Gasteiger partial charge on any atom is -0.443 e. The molecule has 2 aromatic heterocycles. The molecule has 3 rings (SSSR count). The minimum absolute atomic E-state index is 0.391. The topological polar surface area (TPSA) is 38.9 Å². The van der Waals surface area contributed by atoms with E-state index in [1.807, 2.05) is 0 Å². The number of nitrogens with zero attached hydrogens (tertiary/aromatic N) is 2. The van der Waals surface area contributed by atoms with Crippen LogP contribution in [0.2, 0.25) is 0 Å². The lowest BCUT2D eigenvalue weighted by Gasteiger charge is -2.10. The highest BCUT2D eigenvalue weighted by molar-refractivity contribution is 6.01. The van der Waals surface area contributed by atoms with Crippen LogP contribution in [0.4, 0.5) is 0 Å². The molecule has 3 nitrogen and oxygen atoms in total. The average Bonchev–Trinajstić information content (AvgIpc) is 2.85. The largest absolute Gasteiger partial charge is 0.443 e. The van der Waals surface area contributed by atoms with Gasteiger partial charge in [-0.1, -0.05) is 19.9 Å². The van der Waals surface area contributed by atoms with Crippen LogP contribution in [-0.2, 0) is 0 Å². The molecule has 0 spiro atoms. The lowest BCUT2D eigenvalue weighted by Crippen LogP contribution is -1.98. The van der Waals surface area contributed by atoms with Crippen LogP contribution in [0.1, 0.15) is 37.4 Å². The maximum absolute atomic E-state index is 5.56. The summed E-state index contributed by atoms with van der Waals surface area (Å²) in [4.78, 5) is 9.12. The van der Waals surface area contributed by atoms with Crippen molar-refractivity contribution >= 4 is 22.0 Å². The lowest BCUT2D eigenvalue weighted by molar-refractivity contribution is 0.605. The van der Waals surface area contributed by atoms with Crippen LogP contribution in [-0.4, -0.2) is 9.97 Å². The quantitative estimate of drug-likeness (QED) is 0.674. The van der Waals surface area contributed by atoms with E-state index >= 15 is 0 Å². The van der Waals surface area contributed by atoms with Gasteiger partial charge in [-0.15, -0.1) is 0 Å². The second kappa shape index (κ2) is 4.09. The Balaban J connectivity index is 2.43. The van der Waals surface area contributed by atoms with E-state index in [4.69, 9.17) is 9.40 Å². The molecule has 2 heterocycles. The van der Waals surface area contributed by atoms with E-state index in [9.17, 15) is 0 Å².